The van der Waals surface area contributed by atoms with Crippen molar-refractivity contribution in [1.82, 2.24) is 0 Å². The number of fused-ring (bicyclic) bond motifs is 1. The molecule has 1 aromatic carbocycles. The lowest BCUT2D eigenvalue weighted by Crippen LogP contribution is -2.19. The van der Waals surface area contributed by atoms with Crippen molar-refractivity contribution in [3.05, 3.63) is 34.9 Å². The second-order valence-corrected chi connectivity index (χ2v) is 6.57. The highest BCUT2D eigenvalue weighted by Gasteiger charge is 2.33. The van der Waals surface area contributed by atoms with Crippen molar-refractivity contribution in [3.63, 3.8) is 0 Å². The molecule has 128 valence electrons. The van der Waals surface area contributed by atoms with Crippen LogP contribution in [0.3, 0.4) is 0 Å². The van der Waals surface area contributed by atoms with Crippen molar-refractivity contribution in [2.45, 2.75) is 30.8 Å². The standard InChI is InChI=1S/C14H16F3NO3S2/c1-2-13-18(7-3-4-8-22-21-20-19)11-9-10(14(15,16)17)5-6-12(11)23-13/h2,5-6,9,19H,3-4,7-8H2,1H3. The molecule has 1 aromatic rings. The smallest absolute Gasteiger partial charge is 0.335 e. The Morgan fingerprint density at radius 3 is 2.78 bits per heavy atom. The number of rotatable bonds is 7. The molecule has 0 aliphatic carbocycles. The van der Waals surface area contributed by atoms with Gasteiger partial charge in [-0.15, -0.1) is 4.33 Å². The minimum absolute atomic E-state index is 0.598. The van der Waals surface area contributed by atoms with Crippen molar-refractivity contribution in [2.24, 2.45) is 0 Å². The number of hydrogen-bond acceptors (Lipinski definition) is 6. The monoisotopic (exact) mass is 367 g/mol. The summed E-state index contributed by atoms with van der Waals surface area (Å²) in [5.74, 6) is 0.613. The largest absolute Gasteiger partial charge is 0.416 e. The number of alkyl halides is 3. The zero-order valence-corrected chi connectivity index (χ0v) is 13.9. The Balaban J connectivity index is 2.04. The average molecular weight is 367 g/mol. The quantitative estimate of drug-likeness (QED) is 0.304. The summed E-state index contributed by atoms with van der Waals surface area (Å²) in [5.41, 5.74) is -0.0382. The fourth-order valence-corrected chi connectivity index (χ4v) is 3.70. The van der Waals surface area contributed by atoms with Gasteiger partial charge in [0, 0.05) is 29.2 Å². The van der Waals surface area contributed by atoms with E-state index in [-0.39, 0.29) is 0 Å². The summed E-state index contributed by atoms with van der Waals surface area (Å²) in [6.45, 7) is 2.48. The maximum absolute atomic E-state index is 12.9. The van der Waals surface area contributed by atoms with Crippen LogP contribution in [0.4, 0.5) is 18.9 Å². The molecular formula is C14H16F3NO3S2. The van der Waals surface area contributed by atoms with Gasteiger partial charge in [-0.1, -0.05) is 22.9 Å². The van der Waals surface area contributed by atoms with Crippen LogP contribution >= 0.6 is 23.8 Å². The molecule has 0 saturated carbocycles. The predicted octanol–water partition coefficient (Wildman–Crippen LogP) is 5.33. The Hall–Kier alpha value is -0.870. The SMILES string of the molecule is CC=C1Sc2ccc(C(F)(F)F)cc2N1CCCCSOOO. The maximum Gasteiger partial charge on any atom is 0.416 e. The highest BCUT2D eigenvalue weighted by molar-refractivity contribution is 8.03. The highest BCUT2D eigenvalue weighted by Crippen LogP contribution is 2.47. The van der Waals surface area contributed by atoms with Gasteiger partial charge in [0.25, 0.3) is 0 Å². The Morgan fingerprint density at radius 1 is 1.35 bits per heavy atom. The van der Waals surface area contributed by atoms with E-state index in [1.54, 1.807) is 0 Å². The maximum atomic E-state index is 12.9. The van der Waals surface area contributed by atoms with E-state index >= 15 is 0 Å². The molecule has 0 amide bonds. The first-order valence-corrected chi connectivity index (χ1v) is 8.62. The first-order chi connectivity index (χ1) is 11.0. The first-order valence-electron chi connectivity index (χ1n) is 6.90. The highest BCUT2D eigenvalue weighted by atomic mass is 32.2. The van der Waals surface area contributed by atoms with Gasteiger partial charge in [0.15, 0.2) is 0 Å². The molecule has 1 heterocycles. The minimum atomic E-state index is -4.34. The van der Waals surface area contributed by atoms with E-state index in [1.165, 1.54) is 23.9 Å². The number of halogens is 3. The zero-order valence-electron chi connectivity index (χ0n) is 12.3. The molecule has 0 fully saturated rings. The van der Waals surface area contributed by atoms with Gasteiger partial charge in [0.05, 0.1) is 16.3 Å². The zero-order chi connectivity index (χ0) is 16.9. The third kappa shape index (κ3) is 4.80. The van der Waals surface area contributed by atoms with Crippen molar-refractivity contribution < 1.29 is 27.8 Å². The van der Waals surface area contributed by atoms with E-state index in [9.17, 15) is 13.2 Å². The Morgan fingerprint density at radius 2 is 2.13 bits per heavy atom. The average Bonchev–Trinajstić information content (AvgIpc) is 2.87. The molecule has 0 radical (unpaired) electrons. The molecule has 9 heteroatoms. The normalized spacial score (nSPS) is 16.2. The van der Waals surface area contributed by atoms with Crippen molar-refractivity contribution in [1.29, 1.82) is 0 Å². The van der Waals surface area contributed by atoms with E-state index in [0.717, 1.165) is 40.9 Å². The second-order valence-electron chi connectivity index (χ2n) is 4.73. The molecule has 1 N–H and O–H groups in total. The van der Waals surface area contributed by atoms with Gasteiger partial charge in [-0.3, -0.25) is 0 Å². The summed E-state index contributed by atoms with van der Waals surface area (Å²) in [5, 5.41) is 12.4. The van der Waals surface area contributed by atoms with Gasteiger partial charge >= 0.3 is 6.18 Å². The molecule has 0 atom stereocenters. The first kappa shape index (κ1) is 18.5. The van der Waals surface area contributed by atoms with Crippen LogP contribution in [0, 0.1) is 0 Å². The Labute approximate surface area is 140 Å². The Bertz CT molecular complexity index is 567. The van der Waals surface area contributed by atoms with Gasteiger partial charge < -0.3 is 4.90 Å². The number of thioether (sulfide) groups is 1. The van der Waals surface area contributed by atoms with Gasteiger partial charge in [0.1, 0.15) is 0 Å². The van der Waals surface area contributed by atoms with Crippen LogP contribution in [-0.4, -0.2) is 17.6 Å². The number of nitrogens with zero attached hydrogens (tertiary/aromatic N) is 1. The van der Waals surface area contributed by atoms with Crippen molar-refractivity contribution >= 4 is 29.5 Å². The minimum Gasteiger partial charge on any atom is -0.335 e. The fraction of sp³-hybridized carbons (Fsp3) is 0.429. The van der Waals surface area contributed by atoms with Crippen LogP contribution < -0.4 is 4.90 Å². The summed E-state index contributed by atoms with van der Waals surface area (Å²) >= 11 is 2.45. The lowest BCUT2D eigenvalue weighted by atomic mass is 10.1. The molecule has 2 rings (SSSR count). The van der Waals surface area contributed by atoms with Gasteiger partial charge in [-0.25, -0.2) is 5.26 Å². The van der Waals surface area contributed by atoms with Crippen LogP contribution in [0.25, 0.3) is 0 Å². The molecule has 1 aliphatic rings. The molecule has 0 spiro atoms. The van der Waals surface area contributed by atoms with E-state index in [0.29, 0.717) is 18.0 Å². The van der Waals surface area contributed by atoms with Crippen molar-refractivity contribution in [3.8, 4) is 0 Å². The molecule has 4 nitrogen and oxygen atoms in total. The van der Waals surface area contributed by atoms with Crippen LogP contribution in [0.2, 0.25) is 0 Å². The molecule has 0 saturated heterocycles. The number of hydrogen-bond donors (Lipinski definition) is 1. The predicted molar refractivity (Wildman–Crippen MR) is 84.9 cm³/mol. The molecule has 1 aliphatic heterocycles. The third-order valence-corrected chi connectivity index (χ3v) is 5.09. The summed E-state index contributed by atoms with van der Waals surface area (Å²) in [6.07, 6.45) is -0.895. The van der Waals surface area contributed by atoms with E-state index < -0.39 is 11.7 Å². The van der Waals surface area contributed by atoms with E-state index in [2.05, 4.69) is 9.37 Å². The fourth-order valence-electron chi connectivity index (χ4n) is 2.21. The number of allylic oxidation sites excluding steroid dienone is 1. The van der Waals surface area contributed by atoms with Crippen LogP contribution in [-0.2, 0) is 15.5 Å². The van der Waals surface area contributed by atoms with Crippen LogP contribution in [0.15, 0.2) is 34.2 Å². The summed E-state index contributed by atoms with van der Waals surface area (Å²) < 4.78 is 43.0. The van der Waals surface area contributed by atoms with E-state index in [1.807, 2.05) is 17.9 Å². The van der Waals surface area contributed by atoms with Gasteiger partial charge in [0.2, 0.25) is 0 Å². The van der Waals surface area contributed by atoms with Crippen LogP contribution in [0.5, 0.6) is 0 Å². The summed E-state index contributed by atoms with van der Waals surface area (Å²) in [7, 11) is 0. The van der Waals surface area contributed by atoms with Gasteiger partial charge in [-0.05, 0) is 38.0 Å². The summed E-state index contributed by atoms with van der Waals surface area (Å²) in [6, 6.07) is 3.84. The van der Waals surface area contributed by atoms with Crippen LogP contribution in [0.1, 0.15) is 25.3 Å². The lowest BCUT2D eigenvalue weighted by molar-refractivity contribution is -0.432. The molecular weight excluding hydrogens is 351 g/mol. The lowest BCUT2D eigenvalue weighted by Gasteiger charge is -2.21. The molecule has 0 aromatic heterocycles. The number of unbranched alkanes of at least 4 members (excludes halogenated alkanes) is 1. The summed E-state index contributed by atoms with van der Waals surface area (Å²) in [4.78, 5) is 2.74. The third-order valence-electron chi connectivity index (χ3n) is 3.24. The number of benzene rings is 1. The van der Waals surface area contributed by atoms with Gasteiger partial charge in [-0.2, -0.15) is 13.2 Å². The molecule has 0 bridgehead atoms. The van der Waals surface area contributed by atoms with E-state index in [4.69, 9.17) is 5.26 Å². The molecule has 23 heavy (non-hydrogen) atoms. The topological polar surface area (TPSA) is 41.9 Å². The van der Waals surface area contributed by atoms with Crippen molar-refractivity contribution in [2.75, 3.05) is 17.2 Å². The Kier molecular flexibility index (Phi) is 6.66. The number of anilines is 1. The second kappa shape index (κ2) is 8.29. The molecule has 0 unspecified atom stereocenters.